The van der Waals surface area contributed by atoms with Gasteiger partial charge in [-0.25, -0.2) is 8.42 Å². The van der Waals surface area contributed by atoms with Crippen molar-refractivity contribution < 1.29 is 18.1 Å². The van der Waals surface area contributed by atoms with Crippen LogP contribution in [-0.4, -0.2) is 50.0 Å². The van der Waals surface area contributed by atoms with E-state index in [1.54, 1.807) is 6.07 Å². The van der Waals surface area contributed by atoms with E-state index in [2.05, 4.69) is 0 Å². The van der Waals surface area contributed by atoms with E-state index in [9.17, 15) is 18.5 Å². The van der Waals surface area contributed by atoms with Gasteiger partial charge < -0.3 is 10.5 Å². The van der Waals surface area contributed by atoms with Crippen molar-refractivity contribution >= 4 is 15.7 Å². The molecule has 0 aliphatic carbocycles. The van der Waals surface area contributed by atoms with Crippen molar-refractivity contribution in [2.24, 2.45) is 5.73 Å². The number of sulfonamides is 1. The number of nitrogens with two attached hydrogens (primary N) is 1. The summed E-state index contributed by atoms with van der Waals surface area (Å²) in [4.78, 5) is 10.4. The molecule has 1 aliphatic rings. The second kappa shape index (κ2) is 6.48. The molecule has 0 saturated carbocycles. The Morgan fingerprint density at radius 1 is 1.43 bits per heavy atom. The summed E-state index contributed by atoms with van der Waals surface area (Å²) in [6.07, 6.45) is -0.334. The van der Waals surface area contributed by atoms with Crippen molar-refractivity contribution in [3.8, 4) is 0 Å². The van der Waals surface area contributed by atoms with E-state index in [0.717, 1.165) is 0 Å². The molecule has 2 N–H and O–H groups in total. The first kappa shape index (κ1) is 15.8. The van der Waals surface area contributed by atoms with Crippen molar-refractivity contribution in [3.63, 3.8) is 0 Å². The van der Waals surface area contributed by atoms with Crippen molar-refractivity contribution in [3.05, 3.63) is 39.9 Å². The van der Waals surface area contributed by atoms with Gasteiger partial charge in [0, 0.05) is 31.3 Å². The summed E-state index contributed by atoms with van der Waals surface area (Å²) < 4.78 is 31.4. The van der Waals surface area contributed by atoms with Gasteiger partial charge in [-0.05, 0) is 0 Å². The Balaban J connectivity index is 2.20. The summed E-state index contributed by atoms with van der Waals surface area (Å²) in [5.41, 5.74) is 5.48. The van der Waals surface area contributed by atoms with Crippen molar-refractivity contribution in [1.82, 2.24) is 4.31 Å². The van der Waals surface area contributed by atoms with E-state index in [-0.39, 0.29) is 43.6 Å². The summed E-state index contributed by atoms with van der Waals surface area (Å²) in [6.45, 7) is 0.925. The number of para-hydroxylation sites is 1. The first-order chi connectivity index (χ1) is 9.94. The van der Waals surface area contributed by atoms with Gasteiger partial charge in [0.1, 0.15) is 0 Å². The van der Waals surface area contributed by atoms with E-state index >= 15 is 0 Å². The third-order valence-corrected chi connectivity index (χ3v) is 5.08. The summed E-state index contributed by atoms with van der Waals surface area (Å²) >= 11 is 0. The van der Waals surface area contributed by atoms with Crippen LogP contribution in [0.4, 0.5) is 5.69 Å². The van der Waals surface area contributed by atoms with Crippen LogP contribution in [0.1, 0.15) is 5.56 Å². The molecule has 1 heterocycles. The standard InChI is InChI=1S/C12H17N3O5S/c13-7-11-8-14(5-6-20-11)21(18,19)9-10-3-1-2-4-12(10)15(16)17/h1-4,11H,5-9,13H2. The molecule has 1 aromatic carbocycles. The molecular weight excluding hydrogens is 298 g/mol. The number of morpholine rings is 1. The maximum Gasteiger partial charge on any atom is 0.273 e. The van der Waals surface area contributed by atoms with Gasteiger partial charge >= 0.3 is 0 Å². The van der Waals surface area contributed by atoms with Crippen LogP contribution in [0.15, 0.2) is 24.3 Å². The highest BCUT2D eigenvalue weighted by atomic mass is 32.2. The molecule has 0 amide bonds. The monoisotopic (exact) mass is 315 g/mol. The number of nitrogens with zero attached hydrogens (tertiary/aromatic N) is 2. The van der Waals surface area contributed by atoms with Gasteiger partial charge in [0.2, 0.25) is 10.0 Å². The molecule has 8 nitrogen and oxygen atoms in total. The van der Waals surface area contributed by atoms with Gasteiger partial charge in [0.15, 0.2) is 0 Å². The number of ether oxygens (including phenoxy) is 1. The maximum absolute atomic E-state index is 12.4. The van der Waals surface area contributed by atoms with Gasteiger partial charge in [-0.1, -0.05) is 18.2 Å². The van der Waals surface area contributed by atoms with Crippen LogP contribution in [0.2, 0.25) is 0 Å². The quantitative estimate of drug-likeness (QED) is 0.608. The zero-order valence-corrected chi connectivity index (χ0v) is 12.2. The molecular formula is C12H17N3O5S. The Hall–Kier alpha value is -1.55. The zero-order valence-electron chi connectivity index (χ0n) is 11.3. The van der Waals surface area contributed by atoms with Crippen LogP contribution in [0.5, 0.6) is 0 Å². The molecule has 0 spiro atoms. The Morgan fingerprint density at radius 2 is 2.14 bits per heavy atom. The lowest BCUT2D eigenvalue weighted by molar-refractivity contribution is -0.385. The highest BCUT2D eigenvalue weighted by Crippen LogP contribution is 2.22. The maximum atomic E-state index is 12.4. The lowest BCUT2D eigenvalue weighted by Crippen LogP contribution is -2.48. The number of hydrogen-bond donors (Lipinski definition) is 1. The Labute approximate surface area is 122 Å². The molecule has 116 valence electrons. The number of hydrogen-bond acceptors (Lipinski definition) is 6. The minimum Gasteiger partial charge on any atom is -0.374 e. The summed E-state index contributed by atoms with van der Waals surface area (Å²) in [5, 5.41) is 10.9. The molecule has 0 aromatic heterocycles. The molecule has 21 heavy (non-hydrogen) atoms. The molecule has 1 unspecified atom stereocenters. The summed E-state index contributed by atoms with van der Waals surface area (Å²) in [7, 11) is -3.64. The van der Waals surface area contributed by atoms with E-state index in [4.69, 9.17) is 10.5 Å². The lowest BCUT2D eigenvalue weighted by Gasteiger charge is -2.31. The molecule has 0 radical (unpaired) electrons. The third kappa shape index (κ3) is 3.76. The number of benzene rings is 1. The van der Waals surface area contributed by atoms with Gasteiger partial charge in [-0.2, -0.15) is 4.31 Å². The first-order valence-corrected chi connectivity index (χ1v) is 8.06. The lowest BCUT2D eigenvalue weighted by atomic mass is 10.2. The Kier molecular flexibility index (Phi) is 4.88. The summed E-state index contributed by atoms with van der Waals surface area (Å²) in [5.74, 6) is -0.401. The van der Waals surface area contributed by atoms with E-state index in [1.165, 1.54) is 22.5 Å². The van der Waals surface area contributed by atoms with Crippen LogP contribution in [0, 0.1) is 10.1 Å². The smallest absolute Gasteiger partial charge is 0.273 e. The molecule has 0 bridgehead atoms. The largest absolute Gasteiger partial charge is 0.374 e. The second-order valence-corrected chi connectivity index (χ2v) is 6.70. The van der Waals surface area contributed by atoms with Crippen molar-refractivity contribution in [2.75, 3.05) is 26.2 Å². The van der Waals surface area contributed by atoms with Crippen molar-refractivity contribution in [2.45, 2.75) is 11.9 Å². The van der Waals surface area contributed by atoms with Crippen LogP contribution < -0.4 is 5.73 Å². The first-order valence-electron chi connectivity index (χ1n) is 6.46. The van der Waals surface area contributed by atoms with Gasteiger partial charge in [0.05, 0.1) is 23.4 Å². The van der Waals surface area contributed by atoms with Crippen molar-refractivity contribution in [1.29, 1.82) is 0 Å². The molecule has 1 aromatic rings. The highest BCUT2D eigenvalue weighted by molar-refractivity contribution is 7.88. The van der Waals surface area contributed by atoms with Gasteiger partial charge in [0.25, 0.3) is 5.69 Å². The second-order valence-electron chi connectivity index (χ2n) is 4.73. The predicted molar refractivity (Wildman–Crippen MR) is 76.1 cm³/mol. The molecule has 1 saturated heterocycles. The fourth-order valence-corrected chi connectivity index (χ4v) is 3.75. The Morgan fingerprint density at radius 3 is 2.81 bits per heavy atom. The summed E-state index contributed by atoms with van der Waals surface area (Å²) in [6, 6.07) is 5.84. The molecule has 2 rings (SSSR count). The average Bonchev–Trinajstić information content (AvgIpc) is 2.47. The van der Waals surface area contributed by atoms with Gasteiger partial charge in [-0.15, -0.1) is 0 Å². The molecule has 9 heteroatoms. The van der Waals surface area contributed by atoms with Crippen LogP contribution >= 0.6 is 0 Å². The average molecular weight is 315 g/mol. The third-order valence-electron chi connectivity index (χ3n) is 3.28. The van der Waals surface area contributed by atoms with E-state index in [1.807, 2.05) is 0 Å². The SMILES string of the molecule is NCC1CN(S(=O)(=O)Cc2ccccc2[N+](=O)[O-])CCO1. The minimum atomic E-state index is -3.64. The molecule has 1 atom stereocenters. The Bertz CT molecular complexity index is 619. The highest BCUT2D eigenvalue weighted by Gasteiger charge is 2.30. The van der Waals surface area contributed by atoms with E-state index in [0.29, 0.717) is 0 Å². The van der Waals surface area contributed by atoms with E-state index < -0.39 is 20.7 Å². The molecule has 1 aliphatic heterocycles. The van der Waals surface area contributed by atoms with Crippen LogP contribution in [0.25, 0.3) is 0 Å². The fraction of sp³-hybridized carbons (Fsp3) is 0.500. The number of nitro benzene ring substituents is 1. The fourth-order valence-electron chi connectivity index (χ4n) is 2.19. The van der Waals surface area contributed by atoms with Crippen LogP contribution in [0.3, 0.4) is 0 Å². The predicted octanol–water partition coefficient (Wildman–Crippen LogP) is 0.0841. The topological polar surface area (TPSA) is 116 Å². The minimum absolute atomic E-state index is 0.179. The van der Waals surface area contributed by atoms with Gasteiger partial charge in [-0.3, -0.25) is 10.1 Å². The normalized spacial score (nSPS) is 20.3. The molecule has 1 fully saturated rings. The number of nitro groups is 1. The zero-order chi connectivity index (χ0) is 15.5. The number of rotatable bonds is 5. The van der Waals surface area contributed by atoms with Crippen LogP contribution in [-0.2, 0) is 20.5 Å².